The van der Waals surface area contributed by atoms with E-state index in [-0.39, 0.29) is 17.8 Å². The molecule has 2 heterocycles. The van der Waals surface area contributed by atoms with Crippen molar-refractivity contribution in [1.82, 2.24) is 10.2 Å². The van der Waals surface area contributed by atoms with Crippen LogP contribution in [-0.4, -0.2) is 34.5 Å². The first-order valence-corrected chi connectivity index (χ1v) is 7.70. The minimum absolute atomic E-state index is 0.142. The Balaban J connectivity index is 1.93. The van der Waals surface area contributed by atoms with Crippen LogP contribution in [0.2, 0.25) is 0 Å². The van der Waals surface area contributed by atoms with Crippen LogP contribution in [0.25, 0.3) is 17.4 Å². The van der Waals surface area contributed by atoms with Gasteiger partial charge in [0.1, 0.15) is 17.2 Å². The summed E-state index contributed by atoms with van der Waals surface area (Å²) in [4.78, 5) is 36.1. The first kappa shape index (κ1) is 16.5. The molecule has 0 spiro atoms. The van der Waals surface area contributed by atoms with Gasteiger partial charge in [0, 0.05) is 18.2 Å². The van der Waals surface area contributed by atoms with Gasteiger partial charge in [0.2, 0.25) is 0 Å². The Bertz CT molecular complexity index is 910. The minimum Gasteiger partial charge on any atom is -0.478 e. The van der Waals surface area contributed by atoms with E-state index in [0.29, 0.717) is 22.6 Å². The molecule has 0 radical (unpaired) electrons. The van der Waals surface area contributed by atoms with Gasteiger partial charge in [-0.25, -0.2) is 9.59 Å². The predicted molar refractivity (Wildman–Crippen MR) is 89.7 cm³/mol. The molecule has 2 aromatic rings. The number of nitrogens with one attached hydrogen (secondary N) is 1. The molecule has 1 fully saturated rings. The number of carboxylic acids is 1. The number of amides is 3. The fourth-order valence-corrected chi connectivity index (χ4v) is 2.71. The fraction of sp³-hybridized carbons (Fsp3) is 0.167. The zero-order valence-corrected chi connectivity index (χ0v) is 13.7. The number of carbonyl (C=O) groups is 3. The summed E-state index contributed by atoms with van der Waals surface area (Å²) >= 11 is 0. The number of urea groups is 1. The number of aromatic carboxylic acids is 1. The Hall–Kier alpha value is -3.35. The van der Waals surface area contributed by atoms with E-state index in [1.54, 1.807) is 38.1 Å². The molecule has 0 aliphatic carbocycles. The summed E-state index contributed by atoms with van der Waals surface area (Å²) in [6, 6.07) is 7.82. The lowest BCUT2D eigenvalue weighted by Gasteiger charge is -2.06. The Morgan fingerprint density at radius 2 is 2.04 bits per heavy atom. The Morgan fingerprint density at radius 3 is 2.68 bits per heavy atom. The molecule has 7 nitrogen and oxygen atoms in total. The normalized spacial score (nSPS) is 15.8. The first-order valence-electron chi connectivity index (χ1n) is 7.70. The van der Waals surface area contributed by atoms with Gasteiger partial charge in [-0.05, 0) is 37.6 Å². The van der Waals surface area contributed by atoms with E-state index in [0.717, 1.165) is 4.90 Å². The molecule has 0 unspecified atom stereocenters. The molecular weight excluding hydrogens is 324 g/mol. The highest BCUT2D eigenvalue weighted by Gasteiger charge is 2.32. The summed E-state index contributed by atoms with van der Waals surface area (Å²) in [6.45, 7) is 3.70. The number of hydrogen-bond donors (Lipinski definition) is 2. The van der Waals surface area contributed by atoms with E-state index in [4.69, 9.17) is 4.42 Å². The number of rotatable bonds is 4. The number of carboxylic acid groups (broad SMARTS) is 1. The van der Waals surface area contributed by atoms with Crippen molar-refractivity contribution < 1.29 is 23.9 Å². The molecular formula is C18H16N2O5. The van der Waals surface area contributed by atoms with Crippen molar-refractivity contribution in [2.75, 3.05) is 6.54 Å². The molecule has 0 saturated carbocycles. The molecule has 1 aliphatic heterocycles. The van der Waals surface area contributed by atoms with Crippen molar-refractivity contribution >= 4 is 24.0 Å². The zero-order chi connectivity index (χ0) is 18.1. The molecule has 25 heavy (non-hydrogen) atoms. The van der Waals surface area contributed by atoms with E-state index < -0.39 is 17.9 Å². The summed E-state index contributed by atoms with van der Waals surface area (Å²) in [6.07, 6.45) is 1.45. The molecule has 3 rings (SSSR count). The predicted octanol–water partition coefficient (Wildman–Crippen LogP) is 2.87. The van der Waals surface area contributed by atoms with Crippen molar-refractivity contribution in [3.05, 3.63) is 52.9 Å². The van der Waals surface area contributed by atoms with E-state index in [2.05, 4.69) is 5.32 Å². The van der Waals surface area contributed by atoms with Crippen molar-refractivity contribution in [2.24, 2.45) is 0 Å². The number of furan rings is 1. The van der Waals surface area contributed by atoms with Gasteiger partial charge in [0.05, 0.1) is 5.56 Å². The highest BCUT2D eigenvalue weighted by atomic mass is 16.4. The topological polar surface area (TPSA) is 99.8 Å². The molecule has 0 bridgehead atoms. The van der Waals surface area contributed by atoms with Crippen LogP contribution < -0.4 is 5.32 Å². The van der Waals surface area contributed by atoms with Crippen LogP contribution in [0, 0.1) is 6.92 Å². The van der Waals surface area contributed by atoms with Crippen molar-refractivity contribution in [2.45, 2.75) is 13.8 Å². The number of likely N-dealkylation sites (N-methyl/N-ethyl adjacent to an activating group) is 1. The molecule has 1 saturated heterocycles. The highest BCUT2D eigenvalue weighted by molar-refractivity contribution is 6.13. The van der Waals surface area contributed by atoms with Crippen LogP contribution in [0.15, 0.2) is 40.4 Å². The second kappa shape index (κ2) is 6.27. The Morgan fingerprint density at radius 1 is 1.28 bits per heavy atom. The Labute approximate surface area is 143 Å². The zero-order valence-electron chi connectivity index (χ0n) is 13.7. The van der Waals surface area contributed by atoms with Gasteiger partial charge in [-0.3, -0.25) is 9.69 Å². The van der Waals surface area contributed by atoms with E-state index in [1.165, 1.54) is 12.1 Å². The summed E-state index contributed by atoms with van der Waals surface area (Å²) in [7, 11) is 0. The maximum atomic E-state index is 12.1. The van der Waals surface area contributed by atoms with Crippen LogP contribution in [0.4, 0.5) is 4.79 Å². The van der Waals surface area contributed by atoms with Gasteiger partial charge in [-0.1, -0.05) is 12.1 Å². The molecule has 1 aliphatic rings. The Kier molecular flexibility index (Phi) is 4.14. The smallest absolute Gasteiger partial charge is 0.335 e. The first-order chi connectivity index (χ1) is 11.9. The summed E-state index contributed by atoms with van der Waals surface area (Å²) in [5.41, 5.74) is 1.59. The van der Waals surface area contributed by atoms with Gasteiger partial charge >= 0.3 is 12.0 Å². The summed E-state index contributed by atoms with van der Waals surface area (Å²) in [5, 5.41) is 11.7. The lowest BCUT2D eigenvalue weighted by Crippen LogP contribution is -2.30. The lowest BCUT2D eigenvalue weighted by molar-refractivity contribution is -0.122. The number of nitrogens with zero attached hydrogens (tertiary/aromatic N) is 1. The molecule has 7 heteroatoms. The molecule has 2 N–H and O–H groups in total. The van der Waals surface area contributed by atoms with Crippen LogP contribution in [0.1, 0.15) is 28.6 Å². The van der Waals surface area contributed by atoms with Gasteiger partial charge < -0.3 is 14.8 Å². The highest BCUT2D eigenvalue weighted by Crippen LogP contribution is 2.28. The van der Waals surface area contributed by atoms with Crippen molar-refractivity contribution in [3.63, 3.8) is 0 Å². The second-order valence-electron chi connectivity index (χ2n) is 5.52. The average Bonchev–Trinajstić information content (AvgIpc) is 3.12. The largest absolute Gasteiger partial charge is 0.478 e. The van der Waals surface area contributed by atoms with Gasteiger partial charge in [-0.15, -0.1) is 0 Å². The molecule has 128 valence electrons. The average molecular weight is 340 g/mol. The molecule has 1 aromatic heterocycles. The van der Waals surface area contributed by atoms with Crippen LogP contribution in [0.5, 0.6) is 0 Å². The van der Waals surface area contributed by atoms with E-state index >= 15 is 0 Å². The van der Waals surface area contributed by atoms with Gasteiger partial charge in [-0.2, -0.15) is 0 Å². The van der Waals surface area contributed by atoms with Crippen LogP contribution >= 0.6 is 0 Å². The second-order valence-corrected chi connectivity index (χ2v) is 5.52. The van der Waals surface area contributed by atoms with Crippen molar-refractivity contribution in [3.8, 4) is 11.3 Å². The maximum absolute atomic E-state index is 12.1. The molecule has 1 aromatic carbocycles. The number of carbonyl (C=O) groups excluding carboxylic acids is 2. The third-order valence-electron chi connectivity index (χ3n) is 4.02. The third-order valence-corrected chi connectivity index (χ3v) is 4.02. The molecule has 0 atom stereocenters. The number of hydrogen-bond acceptors (Lipinski definition) is 4. The van der Waals surface area contributed by atoms with Crippen LogP contribution in [0.3, 0.4) is 0 Å². The minimum atomic E-state index is -1.01. The fourth-order valence-electron chi connectivity index (χ4n) is 2.71. The lowest BCUT2D eigenvalue weighted by atomic mass is 10.0. The SMILES string of the molecule is CCN1C(=O)NC(=Cc2ccc(-c3cccc(C(=O)O)c3C)o2)C1=O. The number of imide groups is 1. The quantitative estimate of drug-likeness (QED) is 0.658. The van der Waals surface area contributed by atoms with Crippen LogP contribution in [-0.2, 0) is 4.79 Å². The van der Waals surface area contributed by atoms with Gasteiger partial charge in [0.25, 0.3) is 5.91 Å². The van der Waals surface area contributed by atoms with Crippen molar-refractivity contribution in [1.29, 1.82) is 0 Å². The summed E-state index contributed by atoms with van der Waals surface area (Å²) < 4.78 is 5.71. The van der Waals surface area contributed by atoms with Gasteiger partial charge in [0.15, 0.2) is 0 Å². The standard InChI is InChI=1S/C18H16N2O5/c1-3-20-16(21)14(19-18(20)24)9-11-7-8-15(25-11)12-5-4-6-13(10(12)2)17(22)23/h4-9H,3H2,1-2H3,(H,19,24)(H,22,23). The third kappa shape index (κ3) is 2.91. The van der Waals surface area contributed by atoms with E-state index in [1.807, 2.05) is 0 Å². The monoisotopic (exact) mass is 340 g/mol. The maximum Gasteiger partial charge on any atom is 0.335 e. The van der Waals surface area contributed by atoms with E-state index in [9.17, 15) is 19.5 Å². The number of benzene rings is 1. The molecule has 3 amide bonds. The summed E-state index contributed by atoms with van der Waals surface area (Å²) in [5.74, 6) is -0.546.